The Morgan fingerprint density at radius 1 is 1.10 bits per heavy atom. The molecule has 0 radical (unpaired) electrons. The van der Waals surface area contributed by atoms with Gasteiger partial charge in [-0.25, -0.2) is 13.2 Å². The van der Waals surface area contributed by atoms with E-state index in [1.54, 1.807) is 24.3 Å². The van der Waals surface area contributed by atoms with Crippen LogP contribution in [-0.2, 0) is 13.1 Å². The standard InChI is InChI=1S/C23H22F3N3O2/c24-18-5-1-3-15(9-18)12-27-23(30)22-11-21(28-31-22)17-4-2-8-29(14-17)13-16-6-7-19(25)20(26)10-16/h1,3,5-7,9-11,17H,2,4,8,12-14H2,(H,27,30). The summed E-state index contributed by atoms with van der Waals surface area (Å²) in [6.07, 6.45) is 1.81. The van der Waals surface area contributed by atoms with E-state index in [0.717, 1.165) is 25.5 Å². The zero-order valence-electron chi connectivity index (χ0n) is 16.8. The summed E-state index contributed by atoms with van der Waals surface area (Å²) in [5.74, 6) is -2.31. The van der Waals surface area contributed by atoms with E-state index in [1.165, 1.54) is 18.2 Å². The van der Waals surface area contributed by atoms with Crippen LogP contribution in [0.4, 0.5) is 13.2 Å². The van der Waals surface area contributed by atoms with E-state index in [9.17, 15) is 18.0 Å². The first-order chi connectivity index (χ1) is 15.0. The molecule has 1 N–H and O–H groups in total. The van der Waals surface area contributed by atoms with Crippen molar-refractivity contribution in [3.8, 4) is 0 Å². The summed E-state index contributed by atoms with van der Waals surface area (Å²) in [6, 6.07) is 11.6. The Balaban J connectivity index is 1.35. The fraction of sp³-hybridized carbons (Fsp3) is 0.304. The van der Waals surface area contributed by atoms with E-state index < -0.39 is 17.5 Å². The second-order valence-electron chi connectivity index (χ2n) is 7.75. The van der Waals surface area contributed by atoms with Crippen LogP contribution in [0, 0.1) is 17.5 Å². The summed E-state index contributed by atoms with van der Waals surface area (Å²) >= 11 is 0. The third-order valence-corrected chi connectivity index (χ3v) is 5.41. The largest absolute Gasteiger partial charge is 0.351 e. The highest BCUT2D eigenvalue weighted by atomic mass is 19.2. The predicted molar refractivity (Wildman–Crippen MR) is 108 cm³/mol. The molecule has 1 unspecified atom stereocenters. The first-order valence-electron chi connectivity index (χ1n) is 10.1. The van der Waals surface area contributed by atoms with Crippen LogP contribution in [0.3, 0.4) is 0 Å². The molecule has 1 amide bonds. The van der Waals surface area contributed by atoms with Crippen LogP contribution in [0.2, 0.25) is 0 Å². The third kappa shape index (κ3) is 5.32. The number of hydrogen-bond donors (Lipinski definition) is 1. The quantitative estimate of drug-likeness (QED) is 0.631. The van der Waals surface area contributed by atoms with Crippen LogP contribution >= 0.6 is 0 Å². The molecule has 0 spiro atoms. The monoisotopic (exact) mass is 429 g/mol. The minimum absolute atomic E-state index is 0.0764. The number of nitrogens with one attached hydrogen (secondary N) is 1. The van der Waals surface area contributed by atoms with Gasteiger partial charge in [-0.2, -0.15) is 0 Å². The SMILES string of the molecule is O=C(NCc1cccc(F)c1)c1cc(C2CCCN(Cc3ccc(F)c(F)c3)C2)no1. The number of hydrogen-bond acceptors (Lipinski definition) is 4. The van der Waals surface area contributed by atoms with E-state index in [-0.39, 0.29) is 24.0 Å². The van der Waals surface area contributed by atoms with Crippen molar-refractivity contribution in [3.05, 3.63) is 88.6 Å². The Hall–Kier alpha value is -3.13. The van der Waals surface area contributed by atoms with Crippen molar-refractivity contribution >= 4 is 5.91 Å². The van der Waals surface area contributed by atoms with Gasteiger partial charge in [0.2, 0.25) is 5.76 Å². The number of amides is 1. The minimum atomic E-state index is -0.855. The minimum Gasteiger partial charge on any atom is -0.351 e. The summed E-state index contributed by atoms with van der Waals surface area (Å²) in [5.41, 5.74) is 2.04. The highest BCUT2D eigenvalue weighted by Gasteiger charge is 2.25. The number of piperidine rings is 1. The molecule has 5 nitrogen and oxygen atoms in total. The first kappa shape index (κ1) is 21.1. The zero-order chi connectivity index (χ0) is 21.8. The highest BCUT2D eigenvalue weighted by molar-refractivity contribution is 5.91. The Kier molecular flexibility index (Phi) is 6.36. The van der Waals surface area contributed by atoms with Gasteiger partial charge in [-0.3, -0.25) is 9.69 Å². The van der Waals surface area contributed by atoms with Crippen LogP contribution in [0.5, 0.6) is 0 Å². The number of nitrogens with zero attached hydrogens (tertiary/aromatic N) is 2. The number of carbonyl (C=O) groups excluding carboxylic acids is 1. The molecule has 8 heteroatoms. The van der Waals surface area contributed by atoms with Crippen molar-refractivity contribution in [2.75, 3.05) is 13.1 Å². The molecule has 1 saturated heterocycles. The van der Waals surface area contributed by atoms with E-state index in [0.29, 0.717) is 29.9 Å². The van der Waals surface area contributed by atoms with Crippen LogP contribution in [-0.4, -0.2) is 29.1 Å². The average molecular weight is 429 g/mol. The summed E-state index contributed by atoms with van der Waals surface area (Å²) in [4.78, 5) is 14.5. The molecule has 1 aliphatic rings. The third-order valence-electron chi connectivity index (χ3n) is 5.41. The number of carbonyl (C=O) groups is 1. The molecule has 0 saturated carbocycles. The maximum absolute atomic E-state index is 13.5. The van der Waals surface area contributed by atoms with Gasteiger partial charge in [0.25, 0.3) is 5.91 Å². The molecule has 1 atom stereocenters. The second kappa shape index (κ2) is 9.34. The van der Waals surface area contributed by atoms with Gasteiger partial charge in [0.15, 0.2) is 11.6 Å². The number of likely N-dealkylation sites (tertiary alicyclic amines) is 1. The van der Waals surface area contributed by atoms with Crippen LogP contribution in [0.1, 0.15) is 46.1 Å². The smallest absolute Gasteiger partial charge is 0.290 e. The molecular formula is C23H22F3N3O2. The second-order valence-corrected chi connectivity index (χ2v) is 7.75. The Morgan fingerprint density at radius 3 is 2.77 bits per heavy atom. The van der Waals surface area contributed by atoms with E-state index >= 15 is 0 Å². The topological polar surface area (TPSA) is 58.4 Å². The summed E-state index contributed by atoms with van der Waals surface area (Å²) < 4.78 is 45.1. The van der Waals surface area contributed by atoms with Gasteiger partial charge in [0.05, 0.1) is 5.69 Å². The molecule has 4 rings (SSSR count). The summed E-state index contributed by atoms with van der Waals surface area (Å²) in [6.45, 7) is 2.20. The predicted octanol–water partition coefficient (Wildman–Crippen LogP) is 4.40. The van der Waals surface area contributed by atoms with E-state index in [4.69, 9.17) is 4.52 Å². The van der Waals surface area contributed by atoms with Crippen molar-refractivity contribution in [3.63, 3.8) is 0 Å². The lowest BCUT2D eigenvalue weighted by Crippen LogP contribution is -2.34. The van der Waals surface area contributed by atoms with Gasteiger partial charge in [-0.1, -0.05) is 23.4 Å². The summed E-state index contributed by atoms with van der Waals surface area (Å²) in [5, 5.41) is 6.76. The van der Waals surface area contributed by atoms with Gasteiger partial charge in [0.1, 0.15) is 5.82 Å². The molecule has 0 bridgehead atoms. The van der Waals surface area contributed by atoms with Gasteiger partial charge in [-0.05, 0) is 54.8 Å². The first-order valence-corrected chi connectivity index (χ1v) is 10.1. The van der Waals surface area contributed by atoms with E-state index in [1.807, 2.05) is 0 Å². The molecule has 2 aromatic carbocycles. The molecule has 1 aromatic heterocycles. The van der Waals surface area contributed by atoms with Gasteiger partial charge in [0, 0.05) is 31.6 Å². The maximum atomic E-state index is 13.5. The molecule has 3 aromatic rings. The van der Waals surface area contributed by atoms with Crippen molar-refractivity contribution in [2.45, 2.75) is 31.8 Å². The maximum Gasteiger partial charge on any atom is 0.290 e. The van der Waals surface area contributed by atoms with Crippen LogP contribution in [0.15, 0.2) is 53.1 Å². The van der Waals surface area contributed by atoms with Crippen LogP contribution in [0.25, 0.3) is 0 Å². The Bertz CT molecular complexity index is 1070. The molecule has 1 aliphatic heterocycles. The van der Waals surface area contributed by atoms with E-state index in [2.05, 4.69) is 15.4 Å². The normalized spacial score (nSPS) is 16.9. The van der Waals surface area contributed by atoms with Crippen molar-refractivity contribution < 1.29 is 22.5 Å². The van der Waals surface area contributed by atoms with Crippen molar-refractivity contribution in [1.29, 1.82) is 0 Å². The highest BCUT2D eigenvalue weighted by Crippen LogP contribution is 2.27. The lowest BCUT2D eigenvalue weighted by molar-refractivity contribution is 0.0913. The fourth-order valence-corrected chi connectivity index (χ4v) is 3.84. The van der Waals surface area contributed by atoms with Crippen molar-refractivity contribution in [2.24, 2.45) is 0 Å². The lowest BCUT2D eigenvalue weighted by atomic mass is 9.94. The Morgan fingerprint density at radius 2 is 1.97 bits per heavy atom. The molecule has 1 fully saturated rings. The molecule has 31 heavy (non-hydrogen) atoms. The summed E-state index contributed by atoms with van der Waals surface area (Å²) in [7, 11) is 0. The number of aromatic nitrogens is 1. The Labute approximate surface area is 177 Å². The number of rotatable bonds is 6. The molecule has 0 aliphatic carbocycles. The van der Waals surface area contributed by atoms with Gasteiger partial charge in [-0.15, -0.1) is 0 Å². The van der Waals surface area contributed by atoms with Gasteiger partial charge >= 0.3 is 0 Å². The lowest BCUT2D eigenvalue weighted by Gasteiger charge is -2.31. The average Bonchev–Trinajstić information content (AvgIpc) is 3.25. The fourth-order valence-electron chi connectivity index (χ4n) is 3.84. The molecule has 2 heterocycles. The zero-order valence-corrected chi connectivity index (χ0v) is 16.8. The molecule has 162 valence electrons. The number of halogens is 3. The van der Waals surface area contributed by atoms with Crippen molar-refractivity contribution in [1.82, 2.24) is 15.4 Å². The number of benzene rings is 2. The van der Waals surface area contributed by atoms with Gasteiger partial charge < -0.3 is 9.84 Å². The molecular weight excluding hydrogens is 407 g/mol. The van der Waals surface area contributed by atoms with Crippen LogP contribution < -0.4 is 5.32 Å².